The SMILES string of the molecule is CN(C(=O)CCc1nc(-c2ccco2)no1)c1ccc2ccccc2c1. The molecule has 6 nitrogen and oxygen atoms in total. The molecule has 0 fully saturated rings. The van der Waals surface area contributed by atoms with E-state index in [0.717, 1.165) is 16.5 Å². The molecule has 0 aliphatic rings. The third-order valence-electron chi connectivity index (χ3n) is 4.26. The zero-order chi connectivity index (χ0) is 17.9. The van der Waals surface area contributed by atoms with Gasteiger partial charge < -0.3 is 13.8 Å². The maximum Gasteiger partial charge on any atom is 0.238 e. The first kappa shape index (κ1) is 16.1. The van der Waals surface area contributed by atoms with Crippen LogP contribution in [0.4, 0.5) is 5.69 Å². The number of carbonyl (C=O) groups excluding carboxylic acids is 1. The summed E-state index contributed by atoms with van der Waals surface area (Å²) in [5, 5.41) is 6.12. The van der Waals surface area contributed by atoms with Gasteiger partial charge in [-0.2, -0.15) is 4.98 Å². The van der Waals surface area contributed by atoms with Gasteiger partial charge >= 0.3 is 0 Å². The van der Waals surface area contributed by atoms with Crippen molar-refractivity contribution >= 4 is 22.4 Å². The second kappa shape index (κ2) is 6.84. The number of carbonyl (C=O) groups is 1. The van der Waals surface area contributed by atoms with Crippen LogP contribution in [0.3, 0.4) is 0 Å². The Bertz CT molecular complexity index is 1040. The number of nitrogens with zero attached hydrogens (tertiary/aromatic N) is 3. The molecule has 0 saturated heterocycles. The lowest BCUT2D eigenvalue weighted by atomic mass is 10.1. The van der Waals surface area contributed by atoms with E-state index in [0.29, 0.717) is 23.9 Å². The summed E-state index contributed by atoms with van der Waals surface area (Å²) in [6.45, 7) is 0. The second-order valence-electron chi connectivity index (χ2n) is 5.97. The zero-order valence-corrected chi connectivity index (χ0v) is 14.3. The highest BCUT2D eigenvalue weighted by atomic mass is 16.5. The fourth-order valence-electron chi connectivity index (χ4n) is 2.77. The van der Waals surface area contributed by atoms with E-state index >= 15 is 0 Å². The van der Waals surface area contributed by atoms with E-state index in [-0.39, 0.29) is 12.3 Å². The molecule has 2 heterocycles. The maximum absolute atomic E-state index is 12.5. The van der Waals surface area contributed by atoms with Crippen LogP contribution in [-0.4, -0.2) is 23.1 Å². The predicted molar refractivity (Wildman–Crippen MR) is 97.7 cm³/mol. The molecule has 0 aliphatic carbocycles. The third kappa shape index (κ3) is 3.21. The highest BCUT2D eigenvalue weighted by Crippen LogP contribution is 2.22. The minimum atomic E-state index is -0.0157. The van der Waals surface area contributed by atoms with E-state index in [9.17, 15) is 4.79 Å². The van der Waals surface area contributed by atoms with E-state index in [2.05, 4.69) is 10.1 Å². The zero-order valence-electron chi connectivity index (χ0n) is 14.3. The Morgan fingerprint density at radius 3 is 2.73 bits per heavy atom. The lowest BCUT2D eigenvalue weighted by Crippen LogP contribution is -2.26. The molecular formula is C20H17N3O3. The predicted octanol–water partition coefficient (Wildman–Crippen LogP) is 4.08. The van der Waals surface area contributed by atoms with Crippen molar-refractivity contribution in [2.75, 3.05) is 11.9 Å². The van der Waals surface area contributed by atoms with Crippen LogP contribution in [0.15, 0.2) is 69.8 Å². The lowest BCUT2D eigenvalue weighted by Gasteiger charge is -2.17. The maximum atomic E-state index is 12.5. The van der Waals surface area contributed by atoms with Gasteiger partial charge in [0.05, 0.1) is 6.26 Å². The van der Waals surface area contributed by atoms with Crippen LogP contribution >= 0.6 is 0 Å². The summed E-state index contributed by atoms with van der Waals surface area (Å²) >= 11 is 0. The van der Waals surface area contributed by atoms with Gasteiger partial charge in [-0.25, -0.2) is 0 Å². The van der Waals surface area contributed by atoms with Crippen LogP contribution in [-0.2, 0) is 11.2 Å². The number of aryl methyl sites for hydroxylation is 1. The number of hydrogen-bond acceptors (Lipinski definition) is 5. The fourth-order valence-corrected chi connectivity index (χ4v) is 2.77. The van der Waals surface area contributed by atoms with Crippen molar-refractivity contribution in [1.82, 2.24) is 10.1 Å². The topological polar surface area (TPSA) is 72.4 Å². The number of anilines is 1. The van der Waals surface area contributed by atoms with Crippen LogP contribution in [0.1, 0.15) is 12.3 Å². The molecule has 0 bridgehead atoms. The van der Waals surface area contributed by atoms with Crippen LogP contribution in [0.5, 0.6) is 0 Å². The van der Waals surface area contributed by atoms with E-state index in [4.69, 9.17) is 8.94 Å². The Morgan fingerprint density at radius 2 is 1.92 bits per heavy atom. The third-order valence-corrected chi connectivity index (χ3v) is 4.26. The van der Waals surface area contributed by atoms with Gasteiger partial charge in [0.2, 0.25) is 17.6 Å². The standard InChI is InChI=1S/C20H17N3O3/c1-23(16-9-8-14-5-2-3-6-15(14)13-16)19(24)11-10-18-21-20(22-26-18)17-7-4-12-25-17/h2-9,12-13H,10-11H2,1H3. The molecule has 2 aromatic carbocycles. The molecule has 0 spiro atoms. The minimum absolute atomic E-state index is 0.0157. The molecule has 1 amide bonds. The molecule has 26 heavy (non-hydrogen) atoms. The lowest BCUT2D eigenvalue weighted by molar-refractivity contribution is -0.118. The van der Waals surface area contributed by atoms with Gasteiger partial charge in [0.1, 0.15) is 0 Å². The van der Waals surface area contributed by atoms with Crippen molar-refractivity contribution in [3.05, 3.63) is 66.8 Å². The monoisotopic (exact) mass is 347 g/mol. The minimum Gasteiger partial charge on any atom is -0.461 e. The van der Waals surface area contributed by atoms with E-state index < -0.39 is 0 Å². The summed E-state index contributed by atoms with van der Waals surface area (Å²) in [5.41, 5.74) is 0.857. The van der Waals surface area contributed by atoms with Crippen LogP contribution in [0.2, 0.25) is 0 Å². The molecule has 130 valence electrons. The number of benzene rings is 2. The van der Waals surface area contributed by atoms with Crippen LogP contribution < -0.4 is 4.90 Å². The summed E-state index contributed by atoms with van der Waals surface area (Å²) in [6.07, 6.45) is 2.21. The number of fused-ring (bicyclic) bond motifs is 1. The molecule has 2 aromatic heterocycles. The Balaban J connectivity index is 1.42. The van der Waals surface area contributed by atoms with E-state index in [1.165, 1.54) is 0 Å². The number of hydrogen-bond donors (Lipinski definition) is 0. The van der Waals surface area contributed by atoms with Gasteiger partial charge in [-0.3, -0.25) is 4.79 Å². The van der Waals surface area contributed by atoms with Crippen molar-refractivity contribution in [3.8, 4) is 11.6 Å². The summed E-state index contributed by atoms with van der Waals surface area (Å²) in [7, 11) is 1.77. The summed E-state index contributed by atoms with van der Waals surface area (Å²) in [6, 6.07) is 17.6. The van der Waals surface area contributed by atoms with Crippen LogP contribution in [0, 0.1) is 0 Å². The Labute approximate surface area is 150 Å². The van der Waals surface area contributed by atoms with E-state index in [1.54, 1.807) is 30.3 Å². The average molecular weight is 347 g/mol. The quantitative estimate of drug-likeness (QED) is 0.544. The van der Waals surface area contributed by atoms with Gasteiger partial charge in [0.25, 0.3) is 0 Å². The first-order valence-electron chi connectivity index (χ1n) is 8.32. The molecule has 6 heteroatoms. The molecule has 4 aromatic rings. The van der Waals surface area contributed by atoms with Gasteiger partial charge in [-0.05, 0) is 35.0 Å². The van der Waals surface area contributed by atoms with Gasteiger partial charge in [0, 0.05) is 25.6 Å². The number of amides is 1. The Kier molecular flexibility index (Phi) is 4.23. The molecule has 4 rings (SSSR count). The molecule has 0 N–H and O–H groups in total. The summed E-state index contributed by atoms with van der Waals surface area (Å²) < 4.78 is 10.4. The highest BCUT2D eigenvalue weighted by molar-refractivity contribution is 5.96. The summed E-state index contributed by atoms with van der Waals surface area (Å²) in [5.74, 6) is 1.33. The number of aromatic nitrogens is 2. The van der Waals surface area contributed by atoms with Gasteiger partial charge in [-0.1, -0.05) is 35.5 Å². The molecule has 0 aliphatic heterocycles. The normalized spacial score (nSPS) is 11.0. The van der Waals surface area contributed by atoms with Crippen molar-refractivity contribution in [2.45, 2.75) is 12.8 Å². The molecule has 0 atom stereocenters. The fraction of sp³-hybridized carbons (Fsp3) is 0.150. The smallest absolute Gasteiger partial charge is 0.238 e. The highest BCUT2D eigenvalue weighted by Gasteiger charge is 2.15. The van der Waals surface area contributed by atoms with Gasteiger partial charge in [-0.15, -0.1) is 0 Å². The van der Waals surface area contributed by atoms with Crippen molar-refractivity contribution in [2.24, 2.45) is 0 Å². The first-order valence-corrected chi connectivity index (χ1v) is 8.32. The van der Waals surface area contributed by atoms with Crippen molar-refractivity contribution in [1.29, 1.82) is 0 Å². The van der Waals surface area contributed by atoms with E-state index in [1.807, 2.05) is 42.5 Å². The van der Waals surface area contributed by atoms with Gasteiger partial charge in [0.15, 0.2) is 5.76 Å². The molecular weight excluding hydrogens is 330 g/mol. The molecule has 0 saturated carbocycles. The van der Waals surface area contributed by atoms with Crippen LogP contribution in [0.25, 0.3) is 22.4 Å². The molecule has 0 radical (unpaired) electrons. The Hall–Kier alpha value is -3.41. The van der Waals surface area contributed by atoms with Crippen molar-refractivity contribution in [3.63, 3.8) is 0 Å². The first-order chi connectivity index (χ1) is 12.7. The second-order valence-corrected chi connectivity index (χ2v) is 5.97. The largest absolute Gasteiger partial charge is 0.461 e. The average Bonchev–Trinajstić information content (AvgIpc) is 3.36. The Morgan fingerprint density at radius 1 is 1.08 bits per heavy atom. The van der Waals surface area contributed by atoms with Crippen molar-refractivity contribution < 1.29 is 13.7 Å². The molecule has 0 unspecified atom stereocenters. The number of rotatable bonds is 5. The number of furan rings is 1. The summed E-state index contributed by atoms with van der Waals surface area (Å²) in [4.78, 5) is 18.4.